The highest BCUT2D eigenvalue weighted by Crippen LogP contribution is 2.20. The minimum absolute atomic E-state index is 0.230. The number of rotatable bonds is 5. The number of aromatic nitrogens is 3. The number of hydrogen-bond donors (Lipinski definition) is 3. The van der Waals surface area contributed by atoms with Gasteiger partial charge in [-0.1, -0.05) is 43.3 Å². The zero-order valence-corrected chi connectivity index (χ0v) is 15.0. The summed E-state index contributed by atoms with van der Waals surface area (Å²) in [5, 5.41) is 7.35. The van der Waals surface area contributed by atoms with Crippen molar-refractivity contribution in [3.8, 4) is 0 Å². The molecule has 0 aliphatic heterocycles. The average molecular weight is 368 g/mol. The lowest BCUT2D eigenvalue weighted by molar-refractivity contribution is -0.121. The van der Waals surface area contributed by atoms with Crippen molar-refractivity contribution in [1.29, 1.82) is 0 Å². The molecule has 1 atom stereocenters. The fraction of sp³-hybridized carbons (Fsp3) is 0.333. The molecule has 3 N–H and O–H groups in total. The van der Waals surface area contributed by atoms with Crippen LogP contribution >= 0.6 is 23.4 Å². The average Bonchev–Trinajstić information content (AvgIpc) is 3.01. The summed E-state index contributed by atoms with van der Waals surface area (Å²) in [5.41, 5.74) is 5.10. The lowest BCUT2D eigenvalue weighted by Crippen LogP contribution is -2.44. The molecule has 2 aromatic rings. The molecule has 1 aromatic heterocycles. The van der Waals surface area contributed by atoms with Crippen molar-refractivity contribution in [3.63, 3.8) is 0 Å². The Balaban J connectivity index is 1.86. The van der Waals surface area contributed by atoms with Crippen LogP contribution < -0.4 is 10.9 Å². The second-order valence-corrected chi connectivity index (χ2v) is 7.12. The van der Waals surface area contributed by atoms with Crippen molar-refractivity contribution >= 4 is 35.2 Å². The van der Waals surface area contributed by atoms with Crippen LogP contribution in [0.25, 0.3) is 0 Å². The molecule has 7 nitrogen and oxygen atoms in total. The molecule has 0 saturated heterocycles. The molecule has 0 fully saturated rings. The molecule has 1 aromatic carbocycles. The van der Waals surface area contributed by atoms with Crippen LogP contribution in [0, 0.1) is 0 Å². The van der Waals surface area contributed by atoms with Gasteiger partial charge in [0.25, 0.3) is 11.8 Å². The number of nitrogens with zero attached hydrogens (tertiary/aromatic N) is 2. The van der Waals surface area contributed by atoms with E-state index < -0.39 is 11.2 Å². The minimum Gasteiger partial charge on any atom is -0.272 e. The first-order valence-corrected chi connectivity index (χ1v) is 8.57. The first-order chi connectivity index (χ1) is 11.4. The van der Waals surface area contributed by atoms with Crippen LogP contribution in [0.4, 0.5) is 0 Å². The molecule has 24 heavy (non-hydrogen) atoms. The summed E-state index contributed by atoms with van der Waals surface area (Å²) >= 11 is 7.03. The fourth-order valence-corrected chi connectivity index (χ4v) is 2.62. The number of amides is 2. The Morgan fingerprint density at radius 2 is 2.00 bits per heavy atom. The van der Waals surface area contributed by atoms with Gasteiger partial charge in [0.2, 0.25) is 5.16 Å². The summed E-state index contributed by atoms with van der Waals surface area (Å²) in [6.45, 7) is 5.70. The van der Waals surface area contributed by atoms with E-state index in [1.54, 1.807) is 25.1 Å². The van der Waals surface area contributed by atoms with E-state index in [0.717, 1.165) is 5.82 Å². The monoisotopic (exact) mass is 367 g/mol. The Morgan fingerprint density at radius 1 is 1.25 bits per heavy atom. The van der Waals surface area contributed by atoms with Gasteiger partial charge in [-0.15, -0.1) is 5.10 Å². The summed E-state index contributed by atoms with van der Waals surface area (Å²) in [6.07, 6.45) is 0. The molecule has 0 bridgehead atoms. The van der Waals surface area contributed by atoms with E-state index in [1.165, 1.54) is 17.8 Å². The van der Waals surface area contributed by atoms with E-state index in [0.29, 0.717) is 15.7 Å². The highest BCUT2D eigenvalue weighted by atomic mass is 35.5. The number of hydrazine groups is 1. The Labute approximate surface area is 148 Å². The van der Waals surface area contributed by atoms with E-state index in [2.05, 4.69) is 26.0 Å². The van der Waals surface area contributed by atoms with Crippen LogP contribution in [-0.4, -0.2) is 32.2 Å². The van der Waals surface area contributed by atoms with Crippen LogP contribution in [0.3, 0.4) is 0 Å². The highest BCUT2D eigenvalue weighted by molar-refractivity contribution is 8.00. The molecule has 0 saturated carbocycles. The van der Waals surface area contributed by atoms with Gasteiger partial charge in [-0.3, -0.25) is 25.5 Å². The third-order valence-electron chi connectivity index (χ3n) is 3.07. The van der Waals surface area contributed by atoms with Crippen molar-refractivity contribution in [3.05, 3.63) is 40.7 Å². The van der Waals surface area contributed by atoms with Crippen molar-refractivity contribution in [1.82, 2.24) is 26.0 Å². The molecule has 0 unspecified atom stereocenters. The summed E-state index contributed by atoms with van der Waals surface area (Å²) in [4.78, 5) is 28.3. The van der Waals surface area contributed by atoms with E-state index in [9.17, 15) is 9.59 Å². The normalized spacial score (nSPS) is 12.0. The van der Waals surface area contributed by atoms with Gasteiger partial charge in [-0.2, -0.15) is 0 Å². The van der Waals surface area contributed by atoms with Gasteiger partial charge < -0.3 is 0 Å². The van der Waals surface area contributed by atoms with Crippen LogP contribution in [0.15, 0.2) is 29.4 Å². The zero-order chi connectivity index (χ0) is 17.7. The number of aromatic amines is 1. The maximum absolute atomic E-state index is 12.1. The van der Waals surface area contributed by atoms with Crippen molar-refractivity contribution < 1.29 is 9.59 Å². The summed E-state index contributed by atoms with van der Waals surface area (Å²) in [6, 6.07) is 6.44. The molecular formula is C15H18ClN5O2S. The topological polar surface area (TPSA) is 99.8 Å². The molecule has 0 spiro atoms. The Morgan fingerprint density at radius 3 is 2.62 bits per heavy atom. The largest absolute Gasteiger partial charge is 0.272 e. The second kappa shape index (κ2) is 8.16. The van der Waals surface area contributed by atoms with Crippen molar-refractivity contribution in [2.75, 3.05) is 0 Å². The third kappa shape index (κ3) is 4.97. The standard InChI is InChI=1S/C15H18ClN5O2S/c1-8(2)12-17-15(21-18-12)24-9(3)13(22)19-20-14(23)10-5-4-6-11(16)7-10/h4-9H,1-3H3,(H,19,22)(H,20,23)(H,17,18,21)/t9-/m1/s1. The van der Waals surface area contributed by atoms with Gasteiger partial charge >= 0.3 is 0 Å². The van der Waals surface area contributed by atoms with Crippen LogP contribution in [0.1, 0.15) is 42.9 Å². The van der Waals surface area contributed by atoms with E-state index in [4.69, 9.17) is 11.6 Å². The van der Waals surface area contributed by atoms with Gasteiger partial charge in [0.05, 0.1) is 5.25 Å². The molecule has 0 aliphatic carbocycles. The molecule has 2 rings (SSSR count). The number of carbonyl (C=O) groups is 2. The minimum atomic E-state index is -0.472. The maximum Gasteiger partial charge on any atom is 0.269 e. The Hall–Kier alpha value is -2.06. The number of thioether (sulfide) groups is 1. The van der Waals surface area contributed by atoms with Gasteiger partial charge in [-0.05, 0) is 25.1 Å². The molecule has 128 valence electrons. The number of nitrogens with one attached hydrogen (secondary N) is 3. The second-order valence-electron chi connectivity index (χ2n) is 5.37. The van der Waals surface area contributed by atoms with Gasteiger partial charge in [0.1, 0.15) is 5.82 Å². The fourth-order valence-electron chi connectivity index (χ4n) is 1.70. The Kier molecular flexibility index (Phi) is 6.22. The van der Waals surface area contributed by atoms with Gasteiger partial charge in [-0.25, -0.2) is 4.98 Å². The Bertz CT molecular complexity index is 734. The first-order valence-electron chi connectivity index (χ1n) is 7.31. The molecule has 9 heteroatoms. The van der Waals surface area contributed by atoms with E-state index in [1.807, 2.05) is 13.8 Å². The molecular weight excluding hydrogens is 350 g/mol. The molecule has 2 amide bonds. The maximum atomic E-state index is 12.1. The van der Waals surface area contributed by atoms with Crippen LogP contribution in [0.2, 0.25) is 5.02 Å². The van der Waals surface area contributed by atoms with Gasteiger partial charge in [0, 0.05) is 16.5 Å². The first kappa shape index (κ1) is 18.3. The number of benzene rings is 1. The molecule has 0 radical (unpaired) electrons. The van der Waals surface area contributed by atoms with E-state index in [-0.39, 0.29) is 11.8 Å². The summed E-state index contributed by atoms with van der Waals surface area (Å²) in [5.74, 6) is 0.196. The van der Waals surface area contributed by atoms with Crippen LogP contribution in [0.5, 0.6) is 0 Å². The number of hydrogen-bond acceptors (Lipinski definition) is 5. The predicted molar refractivity (Wildman–Crippen MR) is 92.9 cm³/mol. The number of H-pyrrole nitrogens is 1. The number of carbonyl (C=O) groups excluding carboxylic acids is 2. The predicted octanol–water partition coefficient (Wildman–Crippen LogP) is 2.52. The quantitative estimate of drug-likeness (QED) is 0.557. The summed E-state index contributed by atoms with van der Waals surface area (Å²) < 4.78 is 0. The number of halogens is 1. The summed E-state index contributed by atoms with van der Waals surface area (Å²) in [7, 11) is 0. The lowest BCUT2D eigenvalue weighted by Gasteiger charge is -2.11. The zero-order valence-electron chi connectivity index (χ0n) is 13.5. The van der Waals surface area contributed by atoms with E-state index >= 15 is 0 Å². The highest BCUT2D eigenvalue weighted by Gasteiger charge is 2.18. The molecule has 0 aliphatic rings. The smallest absolute Gasteiger partial charge is 0.269 e. The third-order valence-corrected chi connectivity index (χ3v) is 4.26. The van der Waals surface area contributed by atoms with Crippen molar-refractivity contribution in [2.45, 2.75) is 37.1 Å². The SMILES string of the molecule is CC(C)c1nc(S[C@H](C)C(=O)NNC(=O)c2cccc(Cl)c2)n[nH]1. The molecule has 1 heterocycles. The van der Waals surface area contributed by atoms with Crippen molar-refractivity contribution in [2.24, 2.45) is 0 Å². The van der Waals surface area contributed by atoms with Gasteiger partial charge in [0.15, 0.2) is 0 Å². The van der Waals surface area contributed by atoms with Crippen LogP contribution in [-0.2, 0) is 4.79 Å². The lowest BCUT2D eigenvalue weighted by atomic mass is 10.2.